The minimum Gasteiger partial charge on any atom is -0.484 e. The summed E-state index contributed by atoms with van der Waals surface area (Å²) < 4.78 is 6.13. The average molecular weight is 414 g/mol. The van der Waals surface area contributed by atoms with Crippen molar-refractivity contribution >= 4 is 39.9 Å². The molecule has 1 N–H and O–H groups in total. The Morgan fingerprint density at radius 1 is 1.07 bits per heavy atom. The number of ether oxygens (including phenoxy) is 1. The molecule has 3 rings (SSSR count). The Bertz CT molecular complexity index is 974. The fourth-order valence-corrected chi connectivity index (χ4v) is 3.92. The molecule has 0 radical (unpaired) electrons. The van der Waals surface area contributed by atoms with Crippen LogP contribution in [0, 0.1) is 13.8 Å². The lowest BCUT2D eigenvalue weighted by Crippen LogP contribution is -2.20. The lowest BCUT2D eigenvalue weighted by Gasteiger charge is -2.07. The highest BCUT2D eigenvalue weighted by molar-refractivity contribution is 8.01. The number of carbonyl (C=O) groups excluding carboxylic acids is 2. The first-order chi connectivity index (χ1) is 13.5. The largest absolute Gasteiger partial charge is 0.484 e. The molecule has 0 aliphatic heterocycles. The van der Waals surface area contributed by atoms with Crippen LogP contribution >= 0.6 is 23.1 Å². The molecule has 0 saturated heterocycles. The van der Waals surface area contributed by atoms with Gasteiger partial charge in [-0.05, 0) is 37.1 Å². The molecule has 0 spiro atoms. The number of hydrogen-bond acceptors (Lipinski definition) is 7. The van der Waals surface area contributed by atoms with Crippen LogP contribution in [0.25, 0.3) is 0 Å². The van der Waals surface area contributed by atoms with Gasteiger partial charge in [0.15, 0.2) is 16.7 Å². The predicted octanol–water partition coefficient (Wildman–Crippen LogP) is 4.15. The highest BCUT2D eigenvalue weighted by Gasteiger charge is 2.12. The maximum absolute atomic E-state index is 12.1. The SMILES string of the molecule is Cc1ccc(OCC(=O)Nc2nnc(SCC(=O)c3ccccc3)s2)cc1C. The van der Waals surface area contributed by atoms with Crippen LogP contribution in [-0.4, -0.2) is 34.2 Å². The summed E-state index contributed by atoms with van der Waals surface area (Å²) in [6.07, 6.45) is 0. The summed E-state index contributed by atoms with van der Waals surface area (Å²) in [5.41, 5.74) is 2.94. The van der Waals surface area contributed by atoms with E-state index in [4.69, 9.17) is 4.74 Å². The van der Waals surface area contributed by atoms with Crippen LogP contribution in [0.5, 0.6) is 5.75 Å². The third-order valence-electron chi connectivity index (χ3n) is 3.92. The van der Waals surface area contributed by atoms with Crippen molar-refractivity contribution in [3.8, 4) is 5.75 Å². The predicted molar refractivity (Wildman–Crippen MR) is 111 cm³/mol. The molecule has 1 aromatic heterocycles. The maximum Gasteiger partial charge on any atom is 0.264 e. The van der Waals surface area contributed by atoms with Gasteiger partial charge in [0, 0.05) is 5.56 Å². The van der Waals surface area contributed by atoms with E-state index in [0.717, 1.165) is 5.56 Å². The number of ketones is 1. The zero-order valence-electron chi connectivity index (χ0n) is 15.5. The van der Waals surface area contributed by atoms with Crippen LogP contribution in [0.1, 0.15) is 21.5 Å². The van der Waals surface area contributed by atoms with Gasteiger partial charge in [-0.15, -0.1) is 10.2 Å². The molecule has 0 unspecified atom stereocenters. The van der Waals surface area contributed by atoms with E-state index in [1.807, 2.05) is 50.2 Å². The number of rotatable bonds is 8. The second kappa shape index (κ2) is 9.48. The molecule has 0 aliphatic carbocycles. The van der Waals surface area contributed by atoms with Gasteiger partial charge in [-0.3, -0.25) is 14.9 Å². The Kier molecular flexibility index (Phi) is 6.78. The van der Waals surface area contributed by atoms with Crippen molar-refractivity contribution in [3.05, 3.63) is 65.2 Å². The van der Waals surface area contributed by atoms with E-state index >= 15 is 0 Å². The normalized spacial score (nSPS) is 10.5. The number of benzene rings is 2. The smallest absolute Gasteiger partial charge is 0.264 e. The Morgan fingerprint density at radius 2 is 1.86 bits per heavy atom. The molecule has 6 nitrogen and oxygen atoms in total. The zero-order chi connectivity index (χ0) is 19.9. The van der Waals surface area contributed by atoms with Gasteiger partial charge in [0.1, 0.15) is 5.75 Å². The van der Waals surface area contributed by atoms with Crippen LogP contribution in [0.15, 0.2) is 52.9 Å². The Morgan fingerprint density at radius 3 is 2.61 bits per heavy atom. The Balaban J connectivity index is 1.46. The van der Waals surface area contributed by atoms with Crippen molar-refractivity contribution in [3.63, 3.8) is 0 Å². The number of nitrogens with one attached hydrogen (secondary N) is 1. The Labute approximate surface area is 171 Å². The van der Waals surface area contributed by atoms with E-state index in [2.05, 4.69) is 15.5 Å². The van der Waals surface area contributed by atoms with E-state index in [-0.39, 0.29) is 24.1 Å². The summed E-state index contributed by atoms with van der Waals surface area (Å²) in [7, 11) is 0. The van der Waals surface area contributed by atoms with E-state index in [1.165, 1.54) is 28.7 Å². The fourth-order valence-electron chi connectivity index (χ4n) is 2.26. The monoisotopic (exact) mass is 413 g/mol. The summed E-state index contributed by atoms with van der Waals surface area (Å²) in [6, 6.07) is 14.8. The molecule has 0 bridgehead atoms. The topological polar surface area (TPSA) is 81.2 Å². The van der Waals surface area contributed by atoms with E-state index in [0.29, 0.717) is 20.8 Å². The van der Waals surface area contributed by atoms with Gasteiger partial charge in [0.25, 0.3) is 5.91 Å². The first-order valence-corrected chi connectivity index (χ1v) is 10.4. The molecule has 0 aliphatic rings. The summed E-state index contributed by atoms with van der Waals surface area (Å²) in [5, 5.41) is 11.0. The fraction of sp³-hybridized carbons (Fsp3) is 0.200. The van der Waals surface area contributed by atoms with Gasteiger partial charge >= 0.3 is 0 Å². The van der Waals surface area contributed by atoms with Crippen molar-refractivity contribution in [2.24, 2.45) is 0 Å². The molecule has 28 heavy (non-hydrogen) atoms. The minimum absolute atomic E-state index is 0.0215. The second-order valence-electron chi connectivity index (χ2n) is 6.03. The quantitative estimate of drug-likeness (QED) is 0.339. The van der Waals surface area contributed by atoms with Crippen molar-refractivity contribution in [2.45, 2.75) is 18.2 Å². The molecule has 2 aromatic carbocycles. The van der Waals surface area contributed by atoms with Gasteiger partial charge in [0.05, 0.1) is 5.75 Å². The van der Waals surface area contributed by atoms with Gasteiger partial charge in [-0.1, -0.05) is 59.5 Å². The zero-order valence-corrected chi connectivity index (χ0v) is 17.1. The van der Waals surface area contributed by atoms with Crippen LogP contribution < -0.4 is 10.1 Å². The lowest BCUT2D eigenvalue weighted by molar-refractivity contribution is -0.118. The summed E-state index contributed by atoms with van der Waals surface area (Å²) >= 11 is 2.52. The molecule has 1 amide bonds. The summed E-state index contributed by atoms with van der Waals surface area (Å²) in [5.74, 6) is 0.619. The first kappa shape index (κ1) is 20.0. The number of Topliss-reactive ketones (excluding diaryl/α,β-unsaturated/α-hetero) is 1. The lowest BCUT2D eigenvalue weighted by atomic mass is 10.1. The highest BCUT2D eigenvalue weighted by Crippen LogP contribution is 2.26. The highest BCUT2D eigenvalue weighted by atomic mass is 32.2. The van der Waals surface area contributed by atoms with Crippen molar-refractivity contribution in [2.75, 3.05) is 17.7 Å². The van der Waals surface area contributed by atoms with Gasteiger partial charge in [-0.25, -0.2) is 0 Å². The molecule has 144 valence electrons. The molecular formula is C20H19N3O3S2. The number of amides is 1. The number of hydrogen-bond donors (Lipinski definition) is 1. The van der Waals surface area contributed by atoms with Gasteiger partial charge in [0.2, 0.25) is 5.13 Å². The van der Waals surface area contributed by atoms with Crippen LogP contribution in [0.3, 0.4) is 0 Å². The molecule has 0 fully saturated rings. The van der Waals surface area contributed by atoms with Crippen LogP contribution in [0.4, 0.5) is 5.13 Å². The second-order valence-corrected chi connectivity index (χ2v) is 8.23. The molecule has 0 atom stereocenters. The number of nitrogens with zero attached hydrogens (tertiary/aromatic N) is 2. The summed E-state index contributed by atoms with van der Waals surface area (Å²) in [6.45, 7) is 3.90. The van der Waals surface area contributed by atoms with E-state index in [9.17, 15) is 9.59 Å². The number of aromatic nitrogens is 2. The van der Waals surface area contributed by atoms with Crippen molar-refractivity contribution < 1.29 is 14.3 Å². The molecule has 0 saturated carbocycles. The third-order valence-corrected chi connectivity index (χ3v) is 5.90. The number of aryl methyl sites for hydroxylation is 2. The van der Waals surface area contributed by atoms with E-state index in [1.54, 1.807) is 12.1 Å². The minimum atomic E-state index is -0.314. The summed E-state index contributed by atoms with van der Waals surface area (Å²) in [4.78, 5) is 24.2. The van der Waals surface area contributed by atoms with Crippen molar-refractivity contribution in [1.29, 1.82) is 0 Å². The van der Waals surface area contributed by atoms with Crippen molar-refractivity contribution in [1.82, 2.24) is 10.2 Å². The number of carbonyl (C=O) groups is 2. The molecule has 8 heteroatoms. The van der Waals surface area contributed by atoms with Crippen LogP contribution in [-0.2, 0) is 4.79 Å². The maximum atomic E-state index is 12.1. The standard InChI is InChI=1S/C20H19N3O3S2/c1-13-8-9-16(10-14(13)2)26-11-18(25)21-19-22-23-20(28-19)27-12-17(24)15-6-4-3-5-7-15/h3-10H,11-12H2,1-2H3,(H,21,22,25). The molecule has 1 heterocycles. The van der Waals surface area contributed by atoms with Crippen LogP contribution in [0.2, 0.25) is 0 Å². The third kappa shape index (κ3) is 5.64. The molecular weight excluding hydrogens is 394 g/mol. The number of thioether (sulfide) groups is 1. The number of anilines is 1. The van der Waals surface area contributed by atoms with E-state index < -0.39 is 0 Å². The van der Waals surface area contributed by atoms with Gasteiger partial charge < -0.3 is 4.74 Å². The molecule has 3 aromatic rings. The Hall–Kier alpha value is -2.71. The average Bonchev–Trinajstić information content (AvgIpc) is 3.15. The van der Waals surface area contributed by atoms with Gasteiger partial charge in [-0.2, -0.15) is 0 Å². The first-order valence-electron chi connectivity index (χ1n) is 8.56.